The molecule has 3 fully saturated rings. The number of rotatable bonds is 3. The van der Waals surface area contributed by atoms with Crippen LogP contribution >= 0.6 is 11.8 Å². The van der Waals surface area contributed by atoms with Crippen LogP contribution in [0.25, 0.3) is 0 Å². The van der Waals surface area contributed by atoms with Crippen molar-refractivity contribution in [1.82, 2.24) is 10.2 Å². The van der Waals surface area contributed by atoms with Crippen LogP contribution in [0.2, 0.25) is 0 Å². The lowest BCUT2D eigenvalue weighted by Crippen LogP contribution is -2.65. The second kappa shape index (κ2) is 4.75. The second-order valence-corrected chi connectivity index (χ2v) is 7.47. The number of nitrogens with one attached hydrogen (secondary N) is 1. The molecule has 0 spiro atoms. The summed E-state index contributed by atoms with van der Waals surface area (Å²) in [6.07, 6.45) is 5.62. The Bertz CT molecular complexity index is 271. The van der Waals surface area contributed by atoms with Gasteiger partial charge >= 0.3 is 0 Å². The highest BCUT2D eigenvalue weighted by atomic mass is 32.2. The van der Waals surface area contributed by atoms with Crippen molar-refractivity contribution < 1.29 is 0 Å². The van der Waals surface area contributed by atoms with E-state index in [1.54, 1.807) is 0 Å². The number of nitrogens with zero attached hydrogens (tertiary/aromatic N) is 1. The van der Waals surface area contributed by atoms with E-state index in [1.165, 1.54) is 50.3 Å². The van der Waals surface area contributed by atoms with Gasteiger partial charge in [-0.25, -0.2) is 0 Å². The topological polar surface area (TPSA) is 15.3 Å². The Hall–Kier alpha value is 0.270. The molecule has 0 amide bonds. The van der Waals surface area contributed by atoms with E-state index in [1.807, 2.05) is 0 Å². The molecule has 2 heterocycles. The number of hydrogen-bond acceptors (Lipinski definition) is 3. The van der Waals surface area contributed by atoms with Crippen LogP contribution in [0.5, 0.6) is 0 Å². The average Bonchev–Trinajstić information content (AvgIpc) is 3.06. The molecule has 2 aliphatic heterocycles. The summed E-state index contributed by atoms with van der Waals surface area (Å²) in [5.74, 6) is 3.71. The first-order valence-electron chi connectivity index (χ1n) is 7.31. The van der Waals surface area contributed by atoms with Gasteiger partial charge in [0.1, 0.15) is 0 Å². The van der Waals surface area contributed by atoms with Crippen LogP contribution in [0, 0.1) is 5.92 Å². The van der Waals surface area contributed by atoms with Crippen LogP contribution in [-0.4, -0.2) is 47.1 Å². The normalized spacial score (nSPS) is 44.1. The Labute approximate surface area is 110 Å². The molecule has 0 aromatic heterocycles. The SMILES string of the molecule is CCC1CNC(C)(C2CC2)CN1C1CCSC1. The molecule has 2 nitrogen and oxygen atoms in total. The lowest BCUT2D eigenvalue weighted by molar-refractivity contribution is 0.0448. The van der Waals surface area contributed by atoms with Gasteiger partial charge in [0.05, 0.1) is 0 Å². The summed E-state index contributed by atoms with van der Waals surface area (Å²) < 4.78 is 0. The fourth-order valence-corrected chi connectivity index (χ4v) is 4.85. The maximum Gasteiger partial charge on any atom is 0.0309 e. The van der Waals surface area contributed by atoms with E-state index in [9.17, 15) is 0 Å². The molecule has 3 atom stereocenters. The van der Waals surface area contributed by atoms with Crippen molar-refractivity contribution in [3.8, 4) is 0 Å². The minimum atomic E-state index is 0.416. The molecule has 0 aromatic rings. The highest BCUT2D eigenvalue weighted by Crippen LogP contribution is 2.42. The third-order valence-electron chi connectivity index (χ3n) is 5.05. The van der Waals surface area contributed by atoms with E-state index in [0.717, 1.165) is 18.0 Å². The van der Waals surface area contributed by atoms with Crippen molar-refractivity contribution in [2.24, 2.45) is 5.92 Å². The molecule has 1 saturated carbocycles. The molecule has 0 aromatic carbocycles. The number of thioether (sulfide) groups is 1. The van der Waals surface area contributed by atoms with E-state index in [0.29, 0.717) is 5.54 Å². The van der Waals surface area contributed by atoms with Crippen molar-refractivity contribution in [3.05, 3.63) is 0 Å². The van der Waals surface area contributed by atoms with Gasteiger partial charge in [0.2, 0.25) is 0 Å². The predicted octanol–water partition coefficient (Wildman–Crippen LogP) is 2.34. The van der Waals surface area contributed by atoms with Crippen molar-refractivity contribution in [1.29, 1.82) is 0 Å². The first-order valence-corrected chi connectivity index (χ1v) is 8.47. The summed E-state index contributed by atoms with van der Waals surface area (Å²) in [6.45, 7) is 7.32. The maximum atomic E-state index is 3.86. The van der Waals surface area contributed by atoms with Gasteiger partial charge in [-0.3, -0.25) is 4.90 Å². The Balaban J connectivity index is 1.71. The lowest BCUT2D eigenvalue weighted by Gasteiger charge is -2.49. The summed E-state index contributed by atoms with van der Waals surface area (Å²) >= 11 is 2.15. The zero-order chi connectivity index (χ0) is 11.9. The third-order valence-corrected chi connectivity index (χ3v) is 6.19. The molecule has 3 aliphatic rings. The highest BCUT2D eigenvalue weighted by Gasteiger charge is 2.47. The molecule has 17 heavy (non-hydrogen) atoms. The fourth-order valence-electron chi connectivity index (χ4n) is 3.62. The van der Waals surface area contributed by atoms with E-state index >= 15 is 0 Å². The van der Waals surface area contributed by atoms with Crippen molar-refractivity contribution >= 4 is 11.8 Å². The summed E-state index contributed by atoms with van der Waals surface area (Å²) in [5, 5.41) is 3.86. The molecule has 1 N–H and O–H groups in total. The van der Waals surface area contributed by atoms with Gasteiger partial charge in [-0.2, -0.15) is 11.8 Å². The zero-order valence-electron chi connectivity index (χ0n) is 11.2. The molecule has 0 bridgehead atoms. The highest BCUT2D eigenvalue weighted by molar-refractivity contribution is 7.99. The fraction of sp³-hybridized carbons (Fsp3) is 1.00. The monoisotopic (exact) mass is 254 g/mol. The summed E-state index contributed by atoms with van der Waals surface area (Å²) in [5.41, 5.74) is 0.416. The van der Waals surface area contributed by atoms with Crippen molar-refractivity contribution in [2.45, 2.75) is 57.2 Å². The molecule has 2 saturated heterocycles. The Morgan fingerprint density at radius 2 is 2.18 bits per heavy atom. The Morgan fingerprint density at radius 3 is 2.76 bits per heavy atom. The Kier molecular flexibility index (Phi) is 3.44. The number of hydrogen-bond donors (Lipinski definition) is 1. The van der Waals surface area contributed by atoms with Gasteiger partial charge in [0, 0.05) is 36.5 Å². The number of piperazine rings is 1. The van der Waals surface area contributed by atoms with Gasteiger partial charge in [0.15, 0.2) is 0 Å². The third kappa shape index (κ3) is 2.39. The Morgan fingerprint density at radius 1 is 1.35 bits per heavy atom. The molecular formula is C14H26N2S. The van der Waals surface area contributed by atoms with Crippen LogP contribution in [0.15, 0.2) is 0 Å². The van der Waals surface area contributed by atoms with Crippen molar-refractivity contribution in [3.63, 3.8) is 0 Å². The quantitative estimate of drug-likeness (QED) is 0.832. The standard InChI is InChI=1S/C14H26N2S/c1-3-12-8-15-14(2,11-4-5-11)10-16(12)13-6-7-17-9-13/h11-13,15H,3-10H2,1-2H3. The molecule has 1 aliphatic carbocycles. The van der Waals surface area contributed by atoms with E-state index in [-0.39, 0.29) is 0 Å². The summed E-state index contributed by atoms with van der Waals surface area (Å²) in [7, 11) is 0. The second-order valence-electron chi connectivity index (χ2n) is 6.32. The van der Waals surface area contributed by atoms with Gasteiger partial charge in [-0.15, -0.1) is 0 Å². The molecular weight excluding hydrogens is 228 g/mol. The van der Waals surface area contributed by atoms with Gasteiger partial charge in [-0.05, 0) is 44.3 Å². The average molecular weight is 254 g/mol. The van der Waals surface area contributed by atoms with Crippen LogP contribution in [0.1, 0.15) is 39.5 Å². The zero-order valence-corrected chi connectivity index (χ0v) is 12.1. The van der Waals surface area contributed by atoms with E-state index < -0.39 is 0 Å². The molecule has 0 radical (unpaired) electrons. The molecule has 3 rings (SSSR count). The van der Waals surface area contributed by atoms with E-state index in [4.69, 9.17) is 0 Å². The lowest BCUT2D eigenvalue weighted by atomic mass is 9.89. The summed E-state index contributed by atoms with van der Waals surface area (Å²) in [4.78, 5) is 2.86. The largest absolute Gasteiger partial charge is 0.308 e. The van der Waals surface area contributed by atoms with Crippen LogP contribution in [0.3, 0.4) is 0 Å². The molecule has 98 valence electrons. The predicted molar refractivity (Wildman–Crippen MR) is 75.6 cm³/mol. The molecule has 3 heteroatoms. The van der Waals surface area contributed by atoms with Crippen LogP contribution in [-0.2, 0) is 0 Å². The summed E-state index contributed by atoms with van der Waals surface area (Å²) in [6, 6.07) is 1.65. The molecule has 3 unspecified atom stereocenters. The van der Waals surface area contributed by atoms with Gasteiger partial charge in [0.25, 0.3) is 0 Å². The first-order chi connectivity index (χ1) is 8.23. The minimum Gasteiger partial charge on any atom is -0.308 e. The minimum absolute atomic E-state index is 0.416. The van der Waals surface area contributed by atoms with Crippen molar-refractivity contribution in [2.75, 3.05) is 24.6 Å². The van der Waals surface area contributed by atoms with Crippen LogP contribution < -0.4 is 5.32 Å². The van der Waals surface area contributed by atoms with E-state index in [2.05, 4.69) is 35.8 Å². The van der Waals surface area contributed by atoms with Gasteiger partial charge < -0.3 is 5.32 Å². The smallest absolute Gasteiger partial charge is 0.0309 e. The maximum absolute atomic E-state index is 3.86. The first kappa shape index (κ1) is 12.3. The van der Waals surface area contributed by atoms with Gasteiger partial charge in [-0.1, -0.05) is 6.92 Å². The van der Waals surface area contributed by atoms with Crippen LogP contribution in [0.4, 0.5) is 0 Å².